The summed E-state index contributed by atoms with van der Waals surface area (Å²) in [6, 6.07) is 12.4. The van der Waals surface area contributed by atoms with Crippen molar-refractivity contribution < 1.29 is 19.0 Å². The molecule has 0 atom stereocenters. The van der Waals surface area contributed by atoms with Crippen LogP contribution in [-0.2, 0) is 0 Å². The molecule has 1 heterocycles. The third-order valence-corrected chi connectivity index (χ3v) is 5.03. The van der Waals surface area contributed by atoms with Crippen molar-refractivity contribution in [3.05, 3.63) is 48.2 Å². The highest BCUT2D eigenvalue weighted by Gasteiger charge is 2.31. The zero-order chi connectivity index (χ0) is 21.1. The van der Waals surface area contributed by atoms with Crippen molar-refractivity contribution in [1.82, 2.24) is 10.2 Å². The van der Waals surface area contributed by atoms with Crippen molar-refractivity contribution in [3.63, 3.8) is 0 Å². The fraction of sp³-hybridized carbons (Fsp3) is 0.273. The molecule has 1 aliphatic carbocycles. The van der Waals surface area contributed by atoms with E-state index in [1.807, 2.05) is 30.3 Å². The number of ether oxygens (including phenoxy) is 3. The van der Waals surface area contributed by atoms with Gasteiger partial charge in [-0.2, -0.15) is 5.10 Å². The second-order valence-corrected chi connectivity index (χ2v) is 6.98. The molecular formula is C22H24N4O4. The smallest absolute Gasteiger partial charge is 0.323 e. The fourth-order valence-electron chi connectivity index (χ4n) is 3.36. The molecule has 0 aliphatic heterocycles. The molecule has 2 aromatic carbocycles. The minimum atomic E-state index is -0.371. The number of H-pyrrole nitrogens is 1. The van der Waals surface area contributed by atoms with Crippen molar-refractivity contribution in [3.8, 4) is 28.5 Å². The molecule has 1 aliphatic rings. The van der Waals surface area contributed by atoms with Crippen LogP contribution in [0.2, 0.25) is 0 Å². The zero-order valence-electron chi connectivity index (χ0n) is 17.1. The molecular weight excluding hydrogens is 384 g/mol. The summed E-state index contributed by atoms with van der Waals surface area (Å²) in [6.45, 7) is 0. The minimum absolute atomic E-state index is 0.368. The minimum Gasteiger partial charge on any atom is -0.495 e. The number of benzene rings is 2. The number of rotatable bonds is 7. The number of amides is 2. The molecule has 2 amide bonds. The van der Waals surface area contributed by atoms with Gasteiger partial charge in [-0.3, -0.25) is 5.10 Å². The van der Waals surface area contributed by atoms with E-state index in [1.165, 1.54) is 0 Å². The van der Waals surface area contributed by atoms with Gasteiger partial charge >= 0.3 is 6.03 Å². The highest BCUT2D eigenvalue weighted by molar-refractivity contribution is 6.03. The number of aromatic nitrogens is 2. The van der Waals surface area contributed by atoms with Gasteiger partial charge in [0.15, 0.2) is 11.5 Å². The number of urea groups is 1. The third-order valence-electron chi connectivity index (χ3n) is 5.03. The molecule has 0 unspecified atom stereocenters. The Balaban J connectivity index is 1.64. The van der Waals surface area contributed by atoms with E-state index in [0.717, 1.165) is 24.1 Å². The summed E-state index contributed by atoms with van der Waals surface area (Å²) in [7, 11) is 4.74. The second kappa shape index (κ2) is 8.36. The topological polar surface area (TPSA) is 97.5 Å². The van der Waals surface area contributed by atoms with Gasteiger partial charge in [0, 0.05) is 11.5 Å². The average Bonchev–Trinajstić information content (AvgIpc) is 3.54. The number of hydrogen-bond acceptors (Lipinski definition) is 5. The molecule has 30 heavy (non-hydrogen) atoms. The Labute approximate surface area is 174 Å². The van der Waals surface area contributed by atoms with Crippen molar-refractivity contribution >= 4 is 17.4 Å². The molecule has 1 aromatic heterocycles. The molecule has 1 saturated carbocycles. The Morgan fingerprint density at radius 1 is 0.967 bits per heavy atom. The van der Waals surface area contributed by atoms with E-state index in [1.54, 1.807) is 33.5 Å². The Bertz CT molecular complexity index is 1060. The number of nitrogens with one attached hydrogen (secondary N) is 3. The van der Waals surface area contributed by atoms with Crippen LogP contribution in [0.3, 0.4) is 0 Å². The van der Waals surface area contributed by atoms with Crippen LogP contribution in [0, 0.1) is 0 Å². The number of aromatic amines is 1. The van der Waals surface area contributed by atoms with Gasteiger partial charge in [0.1, 0.15) is 11.4 Å². The highest BCUT2D eigenvalue weighted by atomic mass is 16.5. The first-order chi connectivity index (χ1) is 14.6. The number of nitrogens with zero attached hydrogens (tertiary/aromatic N) is 1. The normalized spacial score (nSPS) is 12.9. The van der Waals surface area contributed by atoms with Gasteiger partial charge in [0.25, 0.3) is 0 Å². The van der Waals surface area contributed by atoms with Gasteiger partial charge < -0.3 is 24.8 Å². The number of anilines is 2. The molecule has 0 saturated heterocycles. The summed E-state index contributed by atoms with van der Waals surface area (Å²) >= 11 is 0. The molecule has 4 rings (SSSR count). The van der Waals surface area contributed by atoms with Gasteiger partial charge in [-0.05, 0) is 43.2 Å². The van der Waals surface area contributed by atoms with Crippen molar-refractivity contribution in [2.75, 3.05) is 32.0 Å². The van der Waals surface area contributed by atoms with E-state index >= 15 is 0 Å². The number of methoxy groups -OCH3 is 3. The Kier molecular flexibility index (Phi) is 5.47. The third kappa shape index (κ3) is 3.89. The first-order valence-corrected chi connectivity index (χ1v) is 9.66. The maximum absolute atomic E-state index is 12.8. The monoisotopic (exact) mass is 408 g/mol. The molecule has 3 N–H and O–H groups in total. The molecule has 3 aromatic rings. The second-order valence-electron chi connectivity index (χ2n) is 6.98. The average molecular weight is 408 g/mol. The number of carbonyl (C=O) groups excluding carboxylic acids is 1. The van der Waals surface area contributed by atoms with Crippen LogP contribution in [0.1, 0.15) is 24.5 Å². The molecule has 156 valence electrons. The van der Waals surface area contributed by atoms with E-state index in [9.17, 15) is 4.79 Å². The van der Waals surface area contributed by atoms with Crippen LogP contribution in [0.15, 0.2) is 42.5 Å². The summed E-state index contributed by atoms with van der Waals surface area (Å²) in [5, 5.41) is 13.4. The van der Waals surface area contributed by atoms with Gasteiger partial charge in [-0.25, -0.2) is 4.79 Å². The fourth-order valence-corrected chi connectivity index (χ4v) is 3.36. The van der Waals surface area contributed by atoms with Crippen LogP contribution >= 0.6 is 0 Å². The van der Waals surface area contributed by atoms with Gasteiger partial charge in [-0.1, -0.05) is 12.1 Å². The predicted molar refractivity (Wildman–Crippen MR) is 115 cm³/mol. The number of hydrogen-bond donors (Lipinski definition) is 3. The Morgan fingerprint density at radius 3 is 2.40 bits per heavy atom. The Hall–Kier alpha value is -3.68. The number of carbonyl (C=O) groups is 1. The van der Waals surface area contributed by atoms with Crippen LogP contribution in [-0.4, -0.2) is 37.6 Å². The molecule has 1 fully saturated rings. The van der Waals surface area contributed by atoms with Crippen molar-refractivity contribution in [1.29, 1.82) is 0 Å². The summed E-state index contributed by atoms with van der Waals surface area (Å²) in [5.74, 6) is 2.17. The highest BCUT2D eigenvalue weighted by Crippen LogP contribution is 2.45. The van der Waals surface area contributed by atoms with E-state index < -0.39 is 0 Å². The van der Waals surface area contributed by atoms with Gasteiger partial charge in [0.05, 0.1) is 38.4 Å². The summed E-state index contributed by atoms with van der Waals surface area (Å²) in [5.41, 5.74) is 3.63. The van der Waals surface area contributed by atoms with Crippen molar-refractivity contribution in [2.24, 2.45) is 0 Å². The lowest BCUT2D eigenvalue weighted by Crippen LogP contribution is -2.20. The van der Waals surface area contributed by atoms with E-state index in [-0.39, 0.29) is 6.03 Å². The molecule has 0 spiro atoms. The van der Waals surface area contributed by atoms with E-state index in [4.69, 9.17) is 14.2 Å². The quantitative estimate of drug-likeness (QED) is 0.530. The maximum Gasteiger partial charge on any atom is 0.323 e. The predicted octanol–water partition coefficient (Wildman–Crippen LogP) is 4.62. The standard InChI is InChI=1S/C22H24N4O4/c1-28-16-7-5-4-6-15(16)23-22(27)24-21-19(13-8-9-13)25-26-20(21)14-10-11-17(29-2)18(12-14)30-3/h4-7,10-13H,8-9H2,1-3H3,(H,25,26)(H2,23,24,27). The van der Waals surface area contributed by atoms with Crippen LogP contribution in [0.4, 0.5) is 16.2 Å². The van der Waals surface area contributed by atoms with E-state index in [0.29, 0.717) is 40.2 Å². The van der Waals surface area contributed by atoms with E-state index in [2.05, 4.69) is 20.8 Å². The van der Waals surface area contributed by atoms with Crippen LogP contribution < -0.4 is 24.8 Å². The lowest BCUT2D eigenvalue weighted by Gasteiger charge is -2.13. The van der Waals surface area contributed by atoms with Crippen LogP contribution in [0.5, 0.6) is 17.2 Å². The number of para-hydroxylation sites is 2. The van der Waals surface area contributed by atoms with Crippen molar-refractivity contribution in [2.45, 2.75) is 18.8 Å². The molecule has 8 heteroatoms. The summed E-state index contributed by atoms with van der Waals surface area (Å²) < 4.78 is 16.0. The maximum atomic E-state index is 12.8. The lowest BCUT2D eigenvalue weighted by molar-refractivity contribution is 0.262. The SMILES string of the molecule is COc1ccccc1NC(=O)Nc1c(-c2ccc(OC)c(OC)c2)n[nH]c1C1CC1. The summed E-state index contributed by atoms with van der Waals surface area (Å²) in [6.07, 6.45) is 2.13. The Morgan fingerprint density at radius 2 is 1.70 bits per heavy atom. The molecule has 0 bridgehead atoms. The van der Waals surface area contributed by atoms with Crippen LogP contribution in [0.25, 0.3) is 11.3 Å². The van der Waals surface area contributed by atoms with Gasteiger partial charge in [0.2, 0.25) is 0 Å². The molecule has 8 nitrogen and oxygen atoms in total. The van der Waals surface area contributed by atoms with Gasteiger partial charge in [-0.15, -0.1) is 0 Å². The largest absolute Gasteiger partial charge is 0.495 e. The zero-order valence-corrected chi connectivity index (χ0v) is 17.1. The molecule has 0 radical (unpaired) electrons. The first-order valence-electron chi connectivity index (χ1n) is 9.66. The lowest BCUT2D eigenvalue weighted by atomic mass is 10.1. The summed E-state index contributed by atoms with van der Waals surface area (Å²) in [4.78, 5) is 12.8. The first kappa shape index (κ1) is 19.6.